The Kier molecular flexibility index (Phi) is 5.71. The number of hydrogen-bond donors (Lipinski definition) is 0. The van der Waals surface area contributed by atoms with Crippen LogP contribution in [0.2, 0.25) is 0 Å². The van der Waals surface area contributed by atoms with Crippen LogP contribution < -0.4 is 4.90 Å². The van der Waals surface area contributed by atoms with Gasteiger partial charge in [0.15, 0.2) is 6.21 Å². The Hall–Kier alpha value is -1.57. The molecule has 1 aliphatic heterocycles. The van der Waals surface area contributed by atoms with E-state index in [4.69, 9.17) is 0 Å². The largest absolute Gasteiger partial charge is 0.344 e. The quantitative estimate of drug-likeness (QED) is 0.465. The van der Waals surface area contributed by atoms with Crippen LogP contribution in [0.5, 0.6) is 0 Å². The van der Waals surface area contributed by atoms with E-state index >= 15 is 0 Å². The monoisotopic (exact) mass is 365 g/mol. The third-order valence-electron chi connectivity index (χ3n) is 7.20. The second kappa shape index (κ2) is 8.20. The van der Waals surface area contributed by atoms with Gasteiger partial charge in [0.05, 0.1) is 0 Å². The molecule has 1 heterocycles. The second-order valence-corrected chi connectivity index (χ2v) is 9.27. The number of nitrogens with zero attached hydrogens (tertiary/aromatic N) is 2. The third-order valence-corrected chi connectivity index (χ3v) is 7.20. The van der Waals surface area contributed by atoms with Crippen LogP contribution in [0.15, 0.2) is 36.0 Å². The summed E-state index contributed by atoms with van der Waals surface area (Å²) < 4.78 is 2.18. The Bertz CT molecular complexity index is 699. The van der Waals surface area contributed by atoms with E-state index in [0.29, 0.717) is 0 Å². The van der Waals surface area contributed by atoms with Gasteiger partial charge in [-0.1, -0.05) is 63.1 Å². The maximum atomic E-state index is 2.69. The van der Waals surface area contributed by atoms with Crippen LogP contribution in [-0.4, -0.2) is 31.4 Å². The molecule has 0 N–H and O–H groups in total. The zero-order chi connectivity index (χ0) is 18.7. The maximum absolute atomic E-state index is 2.69. The predicted octanol–water partition coefficient (Wildman–Crippen LogP) is 5.91. The zero-order valence-corrected chi connectivity index (χ0v) is 17.4. The van der Waals surface area contributed by atoms with Gasteiger partial charge in [0.1, 0.15) is 14.1 Å². The normalized spacial score (nSPS) is 23.2. The molecule has 0 saturated heterocycles. The minimum atomic E-state index is 0.259. The lowest BCUT2D eigenvalue weighted by molar-refractivity contribution is -0.458. The van der Waals surface area contributed by atoms with Gasteiger partial charge in [-0.3, -0.25) is 0 Å². The van der Waals surface area contributed by atoms with Crippen molar-refractivity contribution in [3.05, 3.63) is 41.6 Å². The van der Waals surface area contributed by atoms with Crippen molar-refractivity contribution >= 4 is 11.9 Å². The first-order valence-corrected chi connectivity index (χ1v) is 11.3. The van der Waals surface area contributed by atoms with Crippen molar-refractivity contribution in [2.45, 2.75) is 76.0 Å². The van der Waals surface area contributed by atoms with Gasteiger partial charge < -0.3 is 4.90 Å². The Morgan fingerprint density at radius 3 is 2.52 bits per heavy atom. The number of hydrogen-bond acceptors (Lipinski definition) is 1. The minimum absolute atomic E-state index is 0.259. The fourth-order valence-electron chi connectivity index (χ4n) is 5.87. The zero-order valence-electron chi connectivity index (χ0n) is 17.4. The molecule has 0 bridgehead atoms. The number of rotatable bonds is 5. The molecule has 2 heteroatoms. The fourth-order valence-corrected chi connectivity index (χ4v) is 5.87. The summed E-state index contributed by atoms with van der Waals surface area (Å²) in [6.45, 7) is 1.18. The second-order valence-electron chi connectivity index (χ2n) is 9.27. The number of benzene rings is 1. The Morgan fingerprint density at radius 2 is 1.78 bits per heavy atom. The summed E-state index contributed by atoms with van der Waals surface area (Å²) in [4.78, 5) is 2.69. The van der Waals surface area contributed by atoms with Gasteiger partial charge in [-0.15, -0.1) is 0 Å². The van der Waals surface area contributed by atoms with Gasteiger partial charge in [0, 0.05) is 29.4 Å². The number of fused-ring (bicyclic) bond motifs is 2. The summed E-state index contributed by atoms with van der Waals surface area (Å²) in [5.41, 5.74) is 4.92. The molecule has 1 aromatic rings. The summed E-state index contributed by atoms with van der Waals surface area (Å²) in [6, 6.07) is 9.28. The predicted molar refractivity (Wildman–Crippen MR) is 116 cm³/mol. The average molecular weight is 366 g/mol. The summed E-state index contributed by atoms with van der Waals surface area (Å²) >= 11 is 0. The van der Waals surface area contributed by atoms with E-state index in [1.165, 1.54) is 82.9 Å². The Morgan fingerprint density at radius 1 is 1.04 bits per heavy atom. The molecule has 0 aromatic heterocycles. The van der Waals surface area contributed by atoms with E-state index < -0.39 is 0 Å². The smallest absolute Gasteiger partial charge is 0.164 e. The van der Waals surface area contributed by atoms with E-state index in [0.717, 1.165) is 5.92 Å². The molecule has 146 valence electrons. The molecular weight excluding hydrogens is 328 g/mol. The van der Waals surface area contributed by atoms with Crippen LogP contribution in [0.1, 0.15) is 76.2 Å². The summed E-state index contributed by atoms with van der Waals surface area (Å²) in [6.07, 6.45) is 20.1. The molecule has 1 aromatic carbocycles. The van der Waals surface area contributed by atoms with Gasteiger partial charge in [-0.2, -0.15) is 0 Å². The van der Waals surface area contributed by atoms with Crippen LogP contribution in [0.25, 0.3) is 0 Å². The van der Waals surface area contributed by atoms with Gasteiger partial charge in [-0.25, -0.2) is 4.58 Å². The molecule has 0 atom stereocenters. The van der Waals surface area contributed by atoms with Crippen LogP contribution in [0, 0.1) is 5.92 Å². The van der Waals surface area contributed by atoms with E-state index in [9.17, 15) is 0 Å². The van der Waals surface area contributed by atoms with Gasteiger partial charge in [0.2, 0.25) is 0 Å². The summed E-state index contributed by atoms with van der Waals surface area (Å²) in [5.74, 6) is 0.993. The fraction of sp³-hybridized carbons (Fsp3) is 0.640. The van der Waals surface area contributed by atoms with Crippen LogP contribution in [-0.2, 0) is 5.41 Å². The van der Waals surface area contributed by atoms with Crippen molar-refractivity contribution in [2.24, 2.45) is 5.92 Å². The number of para-hydroxylation sites is 1. The minimum Gasteiger partial charge on any atom is -0.344 e. The molecule has 0 unspecified atom stereocenters. The van der Waals surface area contributed by atoms with Crippen LogP contribution in [0.3, 0.4) is 0 Å². The van der Waals surface area contributed by atoms with Gasteiger partial charge in [0.25, 0.3) is 0 Å². The van der Waals surface area contributed by atoms with E-state index in [2.05, 4.69) is 60.1 Å². The van der Waals surface area contributed by atoms with Crippen LogP contribution in [0.4, 0.5) is 5.69 Å². The first kappa shape index (κ1) is 18.8. The molecule has 4 rings (SSSR count). The molecule has 1 spiro atoms. The van der Waals surface area contributed by atoms with Crippen molar-refractivity contribution in [3.63, 3.8) is 0 Å². The SMILES string of the molecule is C[N+](C)=CC=C1N(CCCC2CCCC2)c2ccccc2C12CCCCC2. The topological polar surface area (TPSA) is 6.25 Å². The average Bonchev–Trinajstić information content (AvgIpc) is 3.28. The lowest BCUT2D eigenvalue weighted by Crippen LogP contribution is -2.34. The molecule has 2 aliphatic carbocycles. The molecule has 0 radical (unpaired) electrons. The highest BCUT2D eigenvalue weighted by atomic mass is 15.2. The van der Waals surface area contributed by atoms with Crippen molar-refractivity contribution in [1.29, 1.82) is 0 Å². The Balaban J connectivity index is 1.64. The van der Waals surface area contributed by atoms with E-state index in [1.54, 1.807) is 11.3 Å². The van der Waals surface area contributed by atoms with Crippen molar-refractivity contribution in [3.8, 4) is 0 Å². The lowest BCUT2D eigenvalue weighted by atomic mass is 9.68. The van der Waals surface area contributed by atoms with Crippen molar-refractivity contribution in [1.82, 2.24) is 0 Å². The molecule has 2 nitrogen and oxygen atoms in total. The van der Waals surface area contributed by atoms with Crippen molar-refractivity contribution < 1.29 is 4.58 Å². The van der Waals surface area contributed by atoms with Crippen molar-refractivity contribution in [2.75, 3.05) is 25.5 Å². The summed E-state index contributed by atoms with van der Waals surface area (Å²) in [5, 5.41) is 0. The highest BCUT2D eigenvalue weighted by Gasteiger charge is 2.47. The van der Waals surface area contributed by atoms with E-state index in [-0.39, 0.29) is 5.41 Å². The van der Waals surface area contributed by atoms with Crippen LogP contribution >= 0.6 is 0 Å². The molecule has 3 aliphatic rings. The molecule has 0 amide bonds. The first-order chi connectivity index (χ1) is 13.2. The van der Waals surface area contributed by atoms with Gasteiger partial charge in [-0.05, 0) is 43.2 Å². The first-order valence-electron chi connectivity index (χ1n) is 11.3. The summed E-state index contributed by atoms with van der Waals surface area (Å²) in [7, 11) is 4.27. The van der Waals surface area contributed by atoms with Gasteiger partial charge >= 0.3 is 0 Å². The highest BCUT2D eigenvalue weighted by Crippen LogP contribution is 2.55. The Labute approximate surface area is 166 Å². The highest BCUT2D eigenvalue weighted by molar-refractivity contribution is 5.78. The lowest BCUT2D eigenvalue weighted by Gasteiger charge is -2.37. The molecule has 27 heavy (non-hydrogen) atoms. The number of anilines is 1. The maximum Gasteiger partial charge on any atom is 0.164 e. The standard InChI is InChI=1S/C25H37N2/c1-26(2)20-16-24-25(17-8-3-9-18-25)22-14-6-7-15-23(22)27(24)19-10-13-21-11-4-5-12-21/h6-7,14-16,20-21H,3-5,8-13,17-19H2,1-2H3/q+1. The van der Waals surface area contributed by atoms with E-state index in [1.807, 2.05) is 0 Å². The molecule has 2 saturated carbocycles. The third kappa shape index (κ3) is 3.73. The number of allylic oxidation sites excluding steroid dienone is 2. The molecule has 2 fully saturated rings. The molecular formula is C25H37N2+.